The lowest BCUT2D eigenvalue weighted by atomic mass is 9.70. The van der Waals surface area contributed by atoms with Crippen molar-refractivity contribution in [1.29, 1.82) is 0 Å². The van der Waals surface area contributed by atoms with Crippen LogP contribution in [-0.2, 0) is 4.74 Å². The highest BCUT2D eigenvalue weighted by atomic mass is 16.5. The summed E-state index contributed by atoms with van der Waals surface area (Å²) in [6.07, 6.45) is 8.08. The number of rotatable bonds is 2. The number of nitrogens with two attached hydrogens (primary N) is 1. The van der Waals surface area contributed by atoms with Crippen LogP contribution in [-0.4, -0.2) is 18.2 Å². The lowest BCUT2D eigenvalue weighted by Gasteiger charge is -2.45. The Labute approximate surface area is 119 Å². The Kier molecular flexibility index (Phi) is 4.32. The molecule has 2 rings (SSSR count). The summed E-state index contributed by atoms with van der Waals surface area (Å²) in [5, 5.41) is 0. The lowest BCUT2D eigenvalue weighted by molar-refractivity contribution is -0.101. The van der Waals surface area contributed by atoms with Gasteiger partial charge in [-0.05, 0) is 48.9 Å². The van der Waals surface area contributed by atoms with E-state index in [-0.39, 0.29) is 17.6 Å². The highest BCUT2D eigenvalue weighted by molar-refractivity contribution is 4.93. The minimum absolute atomic E-state index is 0.196. The van der Waals surface area contributed by atoms with Gasteiger partial charge in [0.05, 0.1) is 12.2 Å². The van der Waals surface area contributed by atoms with Crippen LogP contribution in [0.15, 0.2) is 0 Å². The van der Waals surface area contributed by atoms with Gasteiger partial charge in [0.2, 0.25) is 0 Å². The molecule has 0 aliphatic heterocycles. The first-order chi connectivity index (χ1) is 8.70. The van der Waals surface area contributed by atoms with Crippen LogP contribution in [0.2, 0.25) is 0 Å². The van der Waals surface area contributed by atoms with Gasteiger partial charge in [-0.2, -0.15) is 0 Å². The molecule has 19 heavy (non-hydrogen) atoms. The first-order valence-corrected chi connectivity index (χ1v) is 8.11. The van der Waals surface area contributed by atoms with Crippen molar-refractivity contribution in [3.63, 3.8) is 0 Å². The Bertz CT molecular complexity index is 310. The molecule has 2 nitrogen and oxygen atoms in total. The maximum absolute atomic E-state index is 6.46. The first kappa shape index (κ1) is 15.3. The van der Waals surface area contributed by atoms with Crippen molar-refractivity contribution in [3.8, 4) is 0 Å². The minimum Gasteiger partial charge on any atom is -0.373 e. The molecule has 0 aromatic rings. The summed E-state index contributed by atoms with van der Waals surface area (Å²) in [5.74, 6) is 0.779. The Hall–Kier alpha value is -0.0800. The zero-order valence-electron chi connectivity index (χ0n) is 13.5. The molecule has 2 fully saturated rings. The molecule has 0 aromatic carbocycles. The molecule has 4 atom stereocenters. The third-order valence-corrected chi connectivity index (χ3v) is 5.33. The van der Waals surface area contributed by atoms with E-state index < -0.39 is 0 Å². The highest BCUT2D eigenvalue weighted by Gasteiger charge is 2.40. The summed E-state index contributed by atoms with van der Waals surface area (Å²) >= 11 is 0. The molecular weight excluding hydrogens is 234 g/mol. The first-order valence-electron chi connectivity index (χ1n) is 8.11. The fraction of sp³-hybridized carbons (Fsp3) is 1.00. The largest absolute Gasteiger partial charge is 0.373 e. The van der Waals surface area contributed by atoms with Crippen LogP contribution in [0.4, 0.5) is 0 Å². The molecule has 2 saturated carbocycles. The molecule has 4 unspecified atom stereocenters. The molecule has 0 spiro atoms. The molecule has 0 radical (unpaired) electrons. The van der Waals surface area contributed by atoms with Crippen LogP contribution in [0.1, 0.15) is 73.1 Å². The maximum atomic E-state index is 6.46. The van der Waals surface area contributed by atoms with Crippen LogP contribution >= 0.6 is 0 Å². The van der Waals surface area contributed by atoms with Gasteiger partial charge in [-0.25, -0.2) is 0 Å². The van der Waals surface area contributed by atoms with Gasteiger partial charge in [-0.3, -0.25) is 0 Å². The van der Waals surface area contributed by atoms with E-state index in [1.807, 2.05) is 0 Å². The SMILES string of the molecule is CC1CC(OC2CCCC(C)(C)C2N)CC(C)(C)C1. The minimum atomic E-state index is 0.196. The average molecular weight is 267 g/mol. The molecular formula is C17H33NO. The smallest absolute Gasteiger partial charge is 0.0734 e. The van der Waals surface area contributed by atoms with E-state index in [0.29, 0.717) is 11.5 Å². The van der Waals surface area contributed by atoms with E-state index in [1.54, 1.807) is 0 Å². The maximum Gasteiger partial charge on any atom is 0.0734 e. The van der Waals surface area contributed by atoms with E-state index in [0.717, 1.165) is 12.3 Å². The molecule has 0 saturated heterocycles. The second kappa shape index (κ2) is 5.37. The van der Waals surface area contributed by atoms with Crippen LogP contribution in [0.25, 0.3) is 0 Å². The highest BCUT2D eigenvalue weighted by Crippen LogP contribution is 2.42. The van der Waals surface area contributed by atoms with Gasteiger partial charge >= 0.3 is 0 Å². The molecule has 2 aliphatic rings. The van der Waals surface area contributed by atoms with Gasteiger partial charge < -0.3 is 10.5 Å². The van der Waals surface area contributed by atoms with Crippen molar-refractivity contribution < 1.29 is 4.74 Å². The third kappa shape index (κ3) is 3.72. The molecule has 2 aliphatic carbocycles. The van der Waals surface area contributed by atoms with Crippen LogP contribution in [0.3, 0.4) is 0 Å². The van der Waals surface area contributed by atoms with Crippen molar-refractivity contribution in [1.82, 2.24) is 0 Å². The van der Waals surface area contributed by atoms with Crippen molar-refractivity contribution in [2.24, 2.45) is 22.5 Å². The second-order valence-electron chi connectivity index (χ2n) is 8.62. The van der Waals surface area contributed by atoms with E-state index in [4.69, 9.17) is 10.5 Å². The van der Waals surface area contributed by atoms with Crippen molar-refractivity contribution in [3.05, 3.63) is 0 Å². The summed E-state index contributed by atoms with van der Waals surface area (Å²) in [5.41, 5.74) is 7.11. The van der Waals surface area contributed by atoms with Crippen molar-refractivity contribution in [2.45, 2.75) is 91.4 Å². The average Bonchev–Trinajstić information content (AvgIpc) is 2.21. The summed E-state index contributed by atoms with van der Waals surface area (Å²) in [4.78, 5) is 0. The van der Waals surface area contributed by atoms with E-state index in [1.165, 1.54) is 32.1 Å². The number of hydrogen-bond donors (Lipinski definition) is 1. The fourth-order valence-electron chi connectivity index (χ4n) is 4.37. The summed E-state index contributed by atoms with van der Waals surface area (Å²) in [6.45, 7) is 11.7. The Balaban J connectivity index is 1.97. The Morgan fingerprint density at radius 2 is 1.79 bits per heavy atom. The van der Waals surface area contributed by atoms with Gasteiger partial charge in [-0.15, -0.1) is 0 Å². The van der Waals surface area contributed by atoms with Gasteiger partial charge in [0, 0.05) is 6.04 Å². The molecule has 2 heteroatoms. The Morgan fingerprint density at radius 1 is 1.11 bits per heavy atom. The fourth-order valence-corrected chi connectivity index (χ4v) is 4.37. The van der Waals surface area contributed by atoms with E-state index >= 15 is 0 Å². The van der Waals surface area contributed by atoms with Crippen molar-refractivity contribution >= 4 is 0 Å². The monoisotopic (exact) mass is 267 g/mol. The molecule has 0 heterocycles. The molecule has 0 amide bonds. The van der Waals surface area contributed by atoms with Gasteiger partial charge in [0.25, 0.3) is 0 Å². The van der Waals surface area contributed by atoms with Crippen LogP contribution < -0.4 is 5.73 Å². The zero-order chi connectivity index (χ0) is 14.3. The summed E-state index contributed by atoms with van der Waals surface area (Å²) < 4.78 is 6.46. The normalized spacial score (nSPS) is 42.0. The predicted molar refractivity (Wildman–Crippen MR) is 81.1 cm³/mol. The Morgan fingerprint density at radius 3 is 2.42 bits per heavy atom. The molecule has 0 aromatic heterocycles. The van der Waals surface area contributed by atoms with Crippen LogP contribution in [0.5, 0.6) is 0 Å². The van der Waals surface area contributed by atoms with Crippen molar-refractivity contribution in [2.75, 3.05) is 0 Å². The third-order valence-electron chi connectivity index (χ3n) is 5.33. The molecule has 2 N–H and O–H groups in total. The number of ether oxygens (including phenoxy) is 1. The summed E-state index contributed by atoms with van der Waals surface area (Å²) in [7, 11) is 0. The van der Waals surface area contributed by atoms with Crippen LogP contribution in [0, 0.1) is 16.7 Å². The van der Waals surface area contributed by atoms with Gasteiger partial charge in [0.1, 0.15) is 0 Å². The molecule has 112 valence electrons. The zero-order valence-corrected chi connectivity index (χ0v) is 13.5. The topological polar surface area (TPSA) is 35.2 Å². The van der Waals surface area contributed by atoms with E-state index in [9.17, 15) is 0 Å². The second-order valence-corrected chi connectivity index (χ2v) is 8.62. The van der Waals surface area contributed by atoms with Gasteiger partial charge in [-0.1, -0.05) is 41.0 Å². The predicted octanol–water partition coefficient (Wildman–Crippen LogP) is 4.12. The standard InChI is InChI=1S/C17H33NO/c1-12-9-13(11-16(2,3)10-12)19-14-7-6-8-17(4,5)15(14)18/h12-15H,6-11,18H2,1-5H3. The summed E-state index contributed by atoms with van der Waals surface area (Å²) in [6, 6.07) is 0.196. The lowest BCUT2D eigenvalue weighted by Crippen LogP contribution is -2.52. The van der Waals surface area contributed by atoms with Gasteiger partial charge in [0.15, 0.2) is 0 Å². The molecule has 0 bridgehead atoms. The number of hydrogen-bond acceptors (Lipinski definition) is 2. The van der Waals surface area contributed by atoms with E-state index in [2.05, 4.69) is 34.6 Å². The quantitative estimate of drug-likeness (QED) is 0.816.